The van der Waals surface area contributed by atoms with Crippen LogP contribution in [-0.4, -0.2) is 44.9 Å². The number of aromatic amines is 1. The fourth-order valence-corrected chi connectivity index (χ4v) is 6.50. The minimum Gasteiger partial charge on any atom is -0.449 e. The monoisotopic (exact) mass is 547 g/mol. The Morgan fingerprint density at radius 2 is 1.62 bits per heavy atom. The molecule has 0 bridgehead atoms. The number of hydrogen-bond acceptors (Lipinski definition) is 5. The smallest absolute Gasteiger partial charge is 0.419 e. The number of imide groups is 1. The zero-order valence-electron chi connectivity index (χ0n) is 24.7. The molecule has 1 N–H and O–H groups in total. The molecule has 1 fully saturated rings. The summed E-state index contributed by atoms with van der Waals surface area (Å²) in [6.45, 7) is 22.6. The van der Waals surface area contributed by atoms with E-state index in [0.717, 1.165) is 40.0 Å². The number of nitrogens with one attached hydrogen (secondary N) is 1. The molecule has 3 aromatic rings. The summed E-state index contributed by atoms with van der Waals surface area (Å²) in [5.41, 5.74) is 5.57. The highest BCUT2D eigenvalue weighted by atomic mass is 16.6. The van der Waals surface area contributed by atoms with Crippen molar-refractivity contribution in [2.45, 2.75) is 74.3 Å². The van der Waals surface area contributed by atoms with E-state index in [4.69, 9.17) is 21.0 Å². The maximum atomic E-state index is 12.8. The lowest BCUT2D eigenvalue weighted by atomic mass is 9.67. The fourth-order valence-electron chi connectivity index (χ4n) is 6.50. The van der Waals surface area contributed by atoms with Gasteiger partial charge in [0, 0.05) is 11.1 Å². The number of H-pyrrole nitrogens is 1. The number of carbonyl (C=O) groups is 2. The number of rotatable bonds is 7. The second-order valence-electron chi connectivity index (χ2n) is 11.4. The van der Waals surface area contributed by atoms with E-state index in [1.807, 2.05) is 13.8 Å². The van der Waals surface area contributed by atoms with Crippen LogP contribution >= 0.6 is 0 Å². The van der Waals surface area contributed by atoms with Crippen LogP contribution in [0.1, 0.15) is 69.8 Å². The zero-order chi connectivity index (χ0) is 29.1. The van der Waals surface area contributed by atoms with E-state index in [2.05, 4.69) is 48.9 Å². The van der Waals surface area contributed by atoms with Gasteiger partial charge in [-0.05, 0) is 82.8 Å². The average molecular weight is 548 g/mol. The van der Waals surface area contributed by atoms with Gasteiger partial charge in [0.05, 0.1) is 32.0 Å². The summed E-state index contributed by atoms with van der Waals surface area (Å²) in [7, 11) is 0. The number of hydrogen-bond donors (Lipinski definition) is 1. The molecule has 214 valence electrons. The Labute approximate surface area is 236 Å². The molecule has 2 atom stereocenters. The summed E-state index contributed by atoms with van der Waals surface area (Å²) in [4.78, 5) is 35.5. The first-order valence-electron chi connectivity index (χ1n) is 14.3. The minimum absolute atomic E-state index is 0.107. The molecule has 4 rings (SSSR count). The number of fused-ring (bicyclic) bond motifs is 1. The van der Waals surface area contributed by atoms with Gasteiger partial charge in [0.1, 0.15) is 5.65 Å². The van der Waals surface area contributed by atoms with Crippen molar-refractivity contribution in [3.63, 3.8) is 0 Å². The lowest BCUT2D eigenvalue weighted by Crippen LogP contribution is -2.37. The molecule has 2 amide bonds. The predicted molar refractivity (Wildman–Crippen MR) is 154 cm³/mol. The number of benzene rings is 1. The number of aromatic nitrogens is 3. The van der Waals surface area contributed by atoms with Gasteiger partial charge in [0.15, 0.2) is 5.82 Å². The van der Waals surface area contributed by atoms with Crippen LogP contribution in [0.15, 0.2) is 18.2 Å². The molecule has 1 aliphatic rings. The van der Waals surface area contributed by atoms with Gasteiger partial charge in [-0.2, -0.15) is 0 Å². The molecule has 9 heteroatoms. The number of ether oxygens (including phenoxy) is 2. The van der Waals surface area contributed by atoms with Crippen LogP contribution in [0.25, 0.3) is 21.9 Å². The standard InChI is InChI=1S/C31H41N5O4/c1-9-39-30(37)35(31(38)40-10-2)17-26-27(32-8)25(16-24-21(6)12-20(5)13-22(24)7)29-33-28(34-36(26)29)23-14-18(3)11-19(4)15-23/h11,14-15,20-22,24H,9-10,12-13,16-17H2,1-7H3,(H,33,34). The third kappa shape index (κ3) is 5.86. The summed E-state index contributed by atoms with van der Waals surface area (Å²) < 4.78 is 12.1. The van der Waals surface area contributed by atoms with Gasteiger partial charge < -0.3 is 9.47 Å². The van der Waals surface area contributed by atoms with Crippen molar-refractivity contribution in [2.75, 3.05) is 13.2 Å². The molecule has 2 aromatic heterocycles. The van der Waals surface area contributed by atoms with Crippen LogP contribution in [-0.2, 0) is 22.4 Å². The van der Waals surface area contributed by atoms with Crippen LogP contribution in [0.2, 0.25) is 0 Å². The number of nitrogens with zero attached hydrogens (tertiary/aromatic N) is 4. The van der Waals surface area contributed by atoms with Crippen LogP contribution < -0.4 is 0 Å². The number of carbonyl (C=O) groups excluding carboxylic acids is 2. The van der Waals surface area contributed by atoms with Crippen molar-refractivity contribution in [1.29, 1.82) is 0 Å². The van der Waals surface area contributed by atoms with Crippen LogP contribution in [0.5, 0.6) is 0 Å². The lowest BCUT2D eigenvalue weighted by Gasteiger charge is -2.38. The molecule has 0 aliphatic heterocycles. The normalized spacial score (nSPS) is 20.8. The van der Waals surface area contributed by atoms with Gasteiger partial charge in [-0.1, -0.05) is 38.0 Å². The van der Waals surface area contributed by atoms with E-state index < -0.39 is 12.2 Å². The quantitative estimate of drug-likeness (QED) is 0.310. The largest absolute Gasteiger partial charge is 0.449 e. The molecule has 0 radical (unpaired) electrons. The molecule has 0 saturated heterocycles. The van der Waals surface area contributed by atoms with E-state index >= 15 is 0 Å². The highest BCUT2D eigenvalue weighted by molar-refractivity contribution is 5.88. The summed E-state index contributed by atoms with van der Waals surface area (Å²) >= 11 is 0. The lowest BCUT2D eigenvalue weighted by molar-refractivity contribution is 0.0785. The Kier molecular flexibility index (Phi) is 8.87. The Morgan fingerprint density at radius 1 is 1.05 bits per heavy atom. The Morgan fingerprint density at radius 3 is 2.15 bits per heavy atom. The molecular formula is C31H41N5O4. The van der Waals surface area contributed by atoms with Crippen molar-refractivity contribution < 1.29 is 19.1 Å². The van der Waals surface area contributed by atoms with Crippen molar-refractivity contribution in [1.82, 2.24) is 19.5 Å². The molecule has 1 aromatic carbocycles. The summed E-state index contributed by atoms with van der Waals surface area (Å²) in [5.74, 6) is 2.74. The Balaban J connectivity index is 1.88. The molecule has 2 heterocycles. The van der Waals surface area contributed by atoms with E-state index in [1.165, 1.54) is 0 Å². The topological polar surface area (TPSA) is 93.3 Å². The number of aryl methyl sites for hydroxylation is 2. The van der Waals surface area contributed by atoms with E-state index in [-0.39, 0.29) is 19.8 Å². The maximum Gasteiger partial charge on any atom is 0.419 e. The van der Waals surface area contributed by atoms with Crippen molar-refractivity contribution in [2.24, 2.45) is 23.7 Å². The molecule has 9 nitrogen and oxygen atoms in total. The second-order valence-corrected chi connectivity index (χ2v) is 11.4. The fraction of sp³-hybridized carbons (Fsp3) is 0.548. The Bertz CT molecular complexity index is 1380. The molecule has 1 aliphatic carbocycles. The highest BCUT2D eigenvalue weighted by Crippen LogP contribution is 2.43. The third-order valence-corrected chi connectivity index (χ3v) is 8.09. The van der Waals surface area contributed by atoms with Gasteiger partial charge in [0.25, 0.3) is 0 Å². The van der Waals surface area contributed by atoms with Crippen molar-refractivity contribution >= 4 is 23.5 Å². The molecule has 40 heavy (non-hydrogen) atoms. The SMILES string of the molecule is [C-]#[N+]c1c(CC2C(C)CC(C)CC2C)c2nc(-c3cc(C)cc(C)c3)[nH]n2c1CN(C(=O)OCC)C(=O)OCC. The van der Waals surface area contributed by atoms with E-state index in [0.29, 0.717) is 52.9 Å². The van der Waals surface area contributed by atoms with Crippen molar-refractivity contribution in [3.05, 3.63) is 52.0 Å². The average Bonchev–Trinajstić information content (AvgIpc) is 3.42. The van der Waals surface area contributed by atoms with Gasteiger partial charge in [0.2, 0.25) is 5.69 Å². The summed E-state index contributed by atoms with van der Waals surface area (Å²) in [6.07, 6.45) is 1.38. The molecule has 1 saturated carbocycles. The van der Waals surface area contributed by atoms with Crippen LogP contribution in [0.3, 0.4) is 0 Å². The van der Waals surface area contributed by atoms with Crippen molar-refractivity contribution in [3.8, 4) is 11.4 Å². The van der Waals surface area contributed by atoms with E-state index in [9.17, 15) is 9.59 Å². The van der Waals surface area contributed by atoms with E-state index in [1.54, 1.807) is 18.4 Å². The predicted octanol–water partition coefficient (Wildman–Crippen LogP) is 7.47. The molecule has 0 spiro atoms. The second kappa shape index (κ2) is 12.2. The number of amides is 2. The van der Waals surface area contributed by atoms with Crippen LogP contribution in [0.4, 0.5) is 15.3 Å². The maximum absolute atomic E-state index is 12.8. The first-order valence-corrected chi connectivity index (χ1v) is 14.3. The van der Waals surface area contributed by atoms with Gasteiger partial charge >= 0.3 is 12.2 Å². The first-order chi connectivity index (χ1) is 19.1. The third-order valence-electron chi connectivity index (χ3n) is 8.09. The first kappa shape index (κ1) is 29.2. The van der Waals surface area contributed by atoms with Gasteiger partial charge in [-0.15, -0.1) is 0 Å². The summed E-state index contributed by atoms with van der Waals surface area (Å²) in [5, 5.41) is 3.38. The molecule has 2 unspecified atom stereocenters. The van der Waals surface area contributed by atoms with Crippen LogP contribution in [0, 0.1) is 44.1 Å². The Hall–Kier alpha value is -3.80. The zero-order valence-corrected chi connectivity index (χ0v) is 24.7. The molecular weight excluding hydrogens is 506 g/mol. The van der Waals surface area contributed by atoms with Gasteiger partial charge in [-0.25, -0.2) is 24.3 Å². The van der Waals surface area contributed by atoms with Gasteiger partial charge in [-0.3, -0.25) is 9.61 Å². The minimum atomic E-state index is -0.814. The highest BCUT2D eigenvalue weighted by Gasteiger charge is 2.35. The summed E-state index contributed by atoms with van der Waals surface area (Å²) in [6, 6.07) is 6.24.